The number of hydrogen-bond acceptors (Lipinski definition) is 2. The lowest BCUT2D eigenvalue weighted by Gasteiger charge is -2.09. The minimum atomic E-state index is -0.258. The van der Waals surface area contributed by atoms with Crippen molar-refractivity contribution in [3.63, 3.8) is 0 Å². The molecule has 0 aromatic heterocycles. The van der Waals surface area contributed by atoms with Crippen LogP contribution < -0.4 is 5.32 Å². The lowest BCUT2D eigenvalue weighted by molar-refractivity contribution is -0.111. The molecule has 1 amide bonds. The normalized spacial score (nSPS) is 11.0. The highest BCUT2D eigenvalue weighted by Gasteiger charge is 2.12. The number of nitrogens with one attached hydrogen (secondary N) is 1. The highest BCUT2D eigenvalue weighted by atomic mass is 16.1. The van der Waals surface area contributed by atoms with Gasteiger partial charge in [-0.2, -0.15) is 0 Å². The lowest BCUT2D eigenvalue weighted by Crippen LogP contribution is -2.06. The first kappa shape index (κ1) is 18.4. The fraction of sp³-hybridized carbons (Fsp3) is 0. The van der Waals surface area contributed by atoms with Crippen LogP contribution in [-0.4, -0.2) is 11.7 Å². The predicted octanol–water partition coefficient (Wildman–Crippen LogP) is 6.01. The third-order valence-corrected chi connectivity index (χ3v) is 4.81. The Morgan fingerprint density at radius 2 is 1.38 bits per heavy atom. The Kier molecular flexibility index (Phi) is 5.04. The van der Waals surface area contributed by atoms with Crippen LogP contribution in [0.2, 0.25) is 0 Å². The van der Waals surface area contributed by atoms with Crippen molar-refractivity contribution in [1.29, 1.82) is 0 Å². The van der Waals surface area contributed by atoms with Crippen LogP contribution in [0.5, 0.6) is 0 Å². The molecule has 140 valence electrons. The first-order chi connectivity index (χ1) is 14.2. The molecule has 0 aliphatic heterocycles. The van der Waals surface area contributed by atoms with Crippen molar-refractivity contribution < 1.29 is 9.59 Å². The van der Waals surface area contributed by atoms with Crippen LogP contribution in [0.15, 0.2) is 97.6 Å². The van der Waals surface area contributed by atoms with Gasteiger partial charge in [0.2, 0.25) is 5.91 Å². The molecule has 0 saturated heterocycles. The molecule has 0 saturated carbocycles. The summed E-state index contributed by atoms with van der Waals surface area (Å²) in [6.45, 7) is 3.43. The molecule has 4 aromatic carbocycles. The number of benzene rings is 4. The van der Waals surface area contributed by atoms with Gasteiger partial charge in [0.15, 0.2) is 5.78 Å². The Hall–Kier alpha value is -3.98. The third kappa shape index (κ3) is 3.85. The maximum Gasteiger partial charge on any atom is 0.247 e. The van der Waals surface area contributed by atoms with Crippen molar-refractivity contribution in [1.82, 2.24) is 0 Å². The topological polar surface area (TPSA) is 46.2 Å². The average molecular weight is 377 g/mol. The van der Waals surface area contributed by atoms with Crippen LogP contribution >= 0.6 is 0 Å². The lowest BCUT2D eigenvalue weighted by atomic mass is 9.94. The van der Waals surface area contributed by atoms with Gasteiger partial charge in [-0.3, -0.25) is 9.59 Å². The van der Waals surface area contributed by atoms with E-state index in [0.717, 1.165) is 27.1 Å². The first-order valence-electron chi connectivity index (χ1n) is 9.32. The van der Waals surface area contributed by atoms with Gasteiger partial charge in [0.25, 0.3) is 0 Å². The molecular weight excluding hydrogens is 358 g/mol. The predicted molar refractivity (Wildman–Crippen MR) is 120 cm³/mol. The summed E-state index contributed by atoms with van der Waals surface area (Å²) in [6, 6.07) is 25.3. The molecule has 0 unspecified atom stereocenters. The van der Waals surface area contributed by atoms with Gasteiger partial charge in [-0.1, -0.05) is 73.3 Å². The van der Waals surface area contributed by atoms with Crippen molar-refractivity contribution >= 4 is 45.0 Å². The van der Waals surface area contributed by atoms with E-state index in [1.54, 1.807) is 24.3 Å². The van der Waals surface area contributed by atoms with Gasteiger partial charge in [0, 0.05) is 11.3 Å². The number of anilines is 1. The van der Waals surface area contributed by atoms with E-state index in [1.165, 1.54) is 6.08 Å². The second-order valence-corrected chi connectivity index (χ2v) is 6.71. The van der Waals surface area contributed by atoms with Gasteiger partial charge in [-0.05, 0) is 57.5 Å². The Balaban J connectivity index is 1.68. The van der Waals surface area contributed by atoms with Gasteiger partial charge < -0.3 is 5.32 Å². The molecule has 1 N–H and O–H groups in total. The third-order valence-electron chi connectivity index (χ3n) is 4.81. The molecule has 4 aromatic rings. The highest BCUT2D eigenvalue weighted by Crippen LogP contribution is 2.29. The molecule has 0 aliphatic carbocycles. The quantitative estimate of drug-likeness (QED) is 0.263. The van der Waals surface area contributed by atoms with Crippen LogP contribution in [0.4, 0.5) is 5.69 Å². The summed E-state index contributed by atoms with van der Waals surface area (Å²) in [5.74, 6) is -0.298. The highest BCUT2D eigenvalue weighted by molar-refractivity contribution is 6.23. The van der Waals surface area contributed by atoms with Crippen LogP contribution in [0, 0.1) is 0 Å². The fourth-order valence-electron chi connectivity index (χ4n) is 3.41. The standard InChI is InChI=1S/C26H19NO2/c1-2-25(29)27-21-14-11-18(12-15-21)13-16-24(28)26-22-9-5-3-7-19(22)17-20-8-4-6-10-23(20)26/h2-17H,1H2,(H,27,29)/b16-13+. The van der Waals surface area contributed by atoms with Crippen molar-refractivity contribution in [3.05, 3.63) is 109 Å². The minimum Gasteiger partial charge on any atom is -0.323 e. The maximum atomic E-state index is 13.1. The molecule has 0 bridgehead atoms. The monoisotopic (exact) mass is 377 g/mol. The Bertz CT molecular complexity index is 1210. The number of hydrogen-bond donors (Lipinski definition) is 1. The Labute approximate surface area is 169 Å². The van der Waals surface area contributed by atoms with Crippen molar-refractivity contribution in [2.24, 2.45) is 0 Å². The van der Waals surface area contributed by atoms with E-state index in [9.17, 15) is 9.59 Å². The molecule has 0 atom stereocenters. The second kappa shape index (κ2) is 7.95. The molecule has 0 heterocycles. The van der Waals surface area contributed by atoms with E-state index in [2.05, 4.69) is 18.0 Å². The van der Waals surface area contributed by atoms with Gasteiger partial charge in [0.05, 0.1) is 0 Å². The molecule has 0 radical (unpaired) electrons. The number of ketones is 1. The van der Waals surface area contributed by atoms with E-state index in [-0.39, 0.29) is 11.7 Å². The van der Waals surface area contributed by atoms with Crippen LogP contribution in [0.25, 0.3) is 27.6 Å². The number of carbonyl (C=O) groups excluding carboxylic acids is 2. The second-order valence-electron chi connectivity index (χ2n) is 6.71. The zero-order valence-electron chi connectivity index (χ0n) is 15.8. The van der Waals surface area contributed by atoms with Gasteiger partial charge in [0.1, 0.15) is 0 Å². The van der Waals surface area contributed by atoms with Gasteiger partial charge in [-0.25, -0.2) is 0 Å². The van der Waals surface area contributed by atoms with Crippen LogP contribution in [0.1, 0.15) is 15.9 Å². The molecule has 29 heavy (non-hydrogen) atoms. The number of carbonyl (C=O) groups is 2. The average Bonchev–Trinajstić information content (AvgIpc) is 2.76. The summed E-state index contributed by atoms with van der Waals surface area (Å²) in [5.41, 5.74) is 2.27. The number of amides is 1. The number of rotatable bonds is 5. The van der Waals surface area contributed by atoms with Crippen molar-refractivity contribution in [2.75, 3.05) is 5.32 Å². The summed E-state index contributed by atoms with van der Waals surface area (Å²) >= 11 is 0. The van der Waals surface area contributed by atoms with E-state index in [4.69, 9.17) is 0 Å². The van der Waals surface area contributed by atoms with E-state index in [0.29, 0.717) is 11.3 Å². The largest absolute Gasteiger partial charge is 0.323 e. The van der Waals surface area contributed by atoms with Gasteiger partial charge in [-0.15, -0.1) is 0 Å². The van der Waals surface area contributed by atoms with Crippen molar-refractivity contribution in [3.8, 4) is 0 Å². The SMILES string of the molecule is C=CC(=O)Nc1ccc(/C=C/C(=O)c2c3ccccc3cc3ccccc23)cc1. The molecule has 3 heteroatoms. The molecular formula is C26H19NO2. The fourth-order valence-corrected chi connectivity index (χ4v) is 3.41. The van der Waals surface area contributed by atoms with E-state index < -0.39 is 0 Å². The Morgan fingerprint density at radius 1 is 0.793 bits per heavy atom. The summed E-state index contributed by atoms with van der Waals surface area (Å²) < 4.78 is 0. The smallest absolute Gasteiger partial charge is 0.247 e. The zero-order chi connectivity index (χ0) is 20.2. The summed E-state index contributed by atoms with van der Waals surface area (Å²) in [6.07, 6.45) is 4.62. The molecule has 0 aliphatic rings. The molecule has 0 spiro atoms. The molecule has 3 nitrogen and oxygen atoms in total. The number of fused-ring (bicyclic) bond motifs is 2. The van der Waals surface area contributed by atoms with E-state index in [1.807, 2.05) is 60.7 Å². The maximum absolute atomic E-state index is 13.1. The summed E-state index contributed by atoms with van der Waals surface area (Å²) in [5, 5.41) is 6.69. The number of allylic oxidation sites excluding steroid dienone is 1. The van der Waals surface area contributed by atoms with Crippen LogP contribution in [-0.2, 0) is 4.79 Å². The van der Waals surface area contributed by atoms with Crippen LogP contribution in [0.3, 0.4) is 0 Å². The van der Waals surface area contributed by atoms with Gasteiger partial charge >= 0.3 is 0 Å². The summed E-state index contributed by atoms with van der Waals surface area (Å²) in [4.78, 5) is 24.5. The molecule has 0 fully saturated rings. The minimum absolute atomic E-state index is 0.0398. The van der Waals surface area contributed by atoms with E-state index >= 15 is 0 Å². The first-order valence-corrected chi connectivity index (χ1v) is 9.32. The summed E-state index contributed by atoms with van der Waals surface area (Å²) in [7, 11) is 0. The molecule has 4 rings (SSSR count). The van der Waals surface area contributed by atoms with Crippen molar-refractivity contribution in [2.45, 2.75) is 0 Å². The Morgan fingerprint density at radius 3 is 1.97 bits per heavy atom. The zero-order valence-corrected chi connectivity index (χ0v) is 15.8.